The van der Waals surface area contributed by atoms with Crippen LogP contribution in [0, 0.1) is 0 Å². The molecule has 4 nitrogen and oxygen atoms in total. The van der Waals surface area contributed by atoms with Gasteiger partial charge in [-0.1, -0.05) is 80.2 Å². The van der Waals surface area contributed by atoms with Gasteiger partial charge in [0.05, 0.1) is 6.21 Å². The van der Waals surface area contributed by atoms with Gasteiger partial charge in [-0.25, -0.2) is 0 Å². The van der Waals surface area contributed by atoms with Crippen LogP contribution in [0.1, 0.15) is 36.5 Å². The Hall–Kier alpha value is -2.40. The van der Waals surface area contributed by atoms with Gasteiger partial charge in [-0.3, -0.25) is 0 Å². The van der Waals surface area contributed by atoms with Gasteiger partial charge in [-0.15, -0.1) is 10.2 Å². The predicted molar refractivity (Wildman–Crippen MR) is 99.5 cm³/mol. The molecular formula is C19H20N4S. The molecule has 0 aliphatic heterocycles. The zero-order valence-corrected chi connectivity index (χ0v) is 14.6. The van der Waals surface area contributed by atoms with Gasteiger partial charge in [0.15, 0.2) is 0 Å². The minimum Gasteiger partial charge on any atom is -0.195 e. The number of benzene rings is 2. The van der Waals surface area contributed by atoms with Crippen molar-refractivity contribution in [2.75, 3.05) is 0 Å². The summed E-state index contributed by atoms with van der Waals surface area (Å²) in [6.07, 6.45) is 3.46. The van der Waals surface area contributed by atoms with E-state index in [4.69, 9.17) is 0 Å². The van der Waals surface area contributed by atoms with Gasteiger partial charge in [0.1, 0.15) is 6.33 Å². The van der Waals surface area contributed by atoms with Crippen molar-refractivity contribution in [3.05, 3.63) is 77.6 Å². The molecule has 1 aromatic heterocycles. The second-order valence-electron chi connectivity index (χ2n) is 5.80. The van der Waals surface area contributed by atoms with Gasteiger partial charge in [0.2, 0.25) is 5.16 Å². The number of rotatable bonds is 6. The fraction of sp³-hybridized carbons (Fsp3) is 0.211. The van der Waals surface area contributed by atoms with Crippen LogP contribution in [0.2, 0.25) is 0 Å². The summed E-state index contributed by atoms with van der Waals surface area (Å²) < 4.78 is 1.71. The van der Waals surface area contributed by atoms with Gasteiger partial charge in [0, 0.05) is 5.75 Å². The SMILES string of the molecule is CC(C)c1ccc(/C=N/n2cnnc2SCc2ccccc2)cc1. The largest absolute Gasteiger partial charge is 0.212 e. The molecule has 3 aromatic rings. The van der Waals surface area contributed by atoms with Crippen molar-refractivity contribution < 1.29 is 0 Å². The average Bonchev–Trinajstić information content (AvgIpc) is 3.07. The van der Waals surface area contributed by atoms with Crippen LogP contribution < -0.4 is 0 Å². The fourth-order valence-electron chi connectivity index (χ4n) is 2.21. The summed E-state index contributed by atoms with van der Waals surface area (Å²) in [4.78, 5) is 0. The second kappa shape index (κ2) is 7.93. The van der Waals surface area contributed by atoms with E-state index in [0.29, 0.717) is 5.92 Å². The number of nitrogens with zero attached hydrogens (tertiary/aromatic N) is 4. The van der Waals surface area contributed by atoms with Gasteiger partial charge in [0.25, 0.3) is 0 Å². The molecule has 3 rings (SSSR count). The third-order valence-corrected chi connectivity index (χ3v) is 4.65. The number of hydrogen-bond donors (Lipinski definition) is 0. The molecule has 1 heterocycles. The third kappa shape index (κ3) is 4.32. The maximum absolute atomic E-state index is 4.47. The lowest BCUT2D eigenvalue weighted by molar-refractivity contribution is 0.767. The lowest BCUT2D eigenvalue weighted by Crippen LogP contribution is -1.93. The zero-order chi connectivity index (χ0) is 16.8. The molecule has 0 aliphatic carbocycles. The molecule has 0 bridgehead atoms. The Morgan fingerprint density at radius 2 is 1.83 bits per heavy atom. The first-order valence-corrected chi connectivity index (χ1v) is 8.92. The molecule has 0 atom stereocenters. The molecule has 2 aromatic carbocycles. The van der Waals surface area contributed by atoms with Crippen molar-refractivity contribution >= 4 is 18.0 Å². The number of thioether (sulfide) groups is 1. The van der Waals surface area contributed by atoms with Crippen molar-refractivity contribution in [2.24, 2.45) is 5.10 Å². The Morgan fingerprint density at radius 1 is 1.08 bits per heavy atom. The van der Waals surface area contributed by atoms with Crippen LogP contribution in [0.4, 0.5) is 0 Å². The summed E-state index contributed by atoms with van der Waals surface area (Å²) in [5.74, 6) is 1.38. The third-order valence-electron chi connectivity index (χ3n) is 3.65. The molecule has 0 spiro atoms. The molecule has 0 N–H and O–H groups in total. The smallest absolute Gasteiger partial charge is 0.195 e. The summed E-state index contributed by atoms with van der Waals surface area (Å²) >= 11 is 1.62. The van der Waals surface area contributed by atoms with Gasteiger partial charge in [-0.05, 0) is 22.6 Å². The first kappa shape index (κ1) is 16.5. The molecule has 0 amide bonds. The summed E-state index contributed by atoms with van der Waals surface area (Å²) in [5, 5.41) is 13.4. The first-order chi connectivity index (χ1) is 11.7. The van der Waals surface area contributed by atoms with Crippen molar-refractivity contribution in [1.29, 1.82) is 0 Å². The van der Waals surface area contributed by atoms with Crippen molar-refractivity contribution in [2.45, 2.75) is 30.7 Å². The molecule has 122 valence electrons. The molecule has 0 unspecified atom stereocenters. The van der Waals surface area contributed by atoms with Gasteiger partial charge >= 0.3 is 0 Å². The highest BCUT2D eigenvalue weighted by Crippen LogP contribution is 2.20. The van der Waals surface area contributed by atoms with Crippen LogP contribution in [-0.2, 0) is 5.75 Å². The van der Waals surface area contributed by atoms with E-state index in [1.807, 2.05) is 24.4 Å². The summed E-state index contributed by atoms with van der Waals surface area (Å²) in [5.41, 5.74) is 3.65. The van der Waals surface area contributed by atoms with Crippen molar-refractivity contribution in [3.63, 3.8) is 0 Å². The number of hydrogen-bond acceptors (Lipinski definition) is 4. The molecule has 0 radical (unpaired) electrons. The second-order valence-corrected chi connectivity index (χ2v) is 6.74. The maximum Gasteiger partial charge on any atom is 0.212 e. The van der Waals surface area contributed by atoms with E-state index < -0.39 is 0 Å². The van der Waals surface area contributed by atoms with Crippen LogP contribution in [0.5, 0.6) is 0 Å². The normalized spacial score (nSPS) is 11.5. The Balaban J connectivity index is 1.66. The molecule has 5 heteroatoms. The first-order valence-electron chi connectivity index (χ1n) is 7.93. The highest BCUT2D eigenvalue weighted by atomic mass is 32.2. The minimum absolute atomic E-state index is 0.537. The van der Waals surface area contributed by atoms with E-state index in [-0.39, 0.29) is 0 Å². The molecule has 0 saturated carbocycles. The monoisotopic (exact) mass is 336 g/mol. The van der Waals surface area contributed by atoms with Gasteiger partial charge in [-0.2, -0.15) is 9.78 Å². The molecule has 0 fully saturated rings. The Labute approximate surface area is 146 Å². The van der Waals surface area contributed by atoms with E-state index in [1.165, 1.54) is 11.1 Å². The van der Waals surface area contributed by atoms with Gasteiger partial charge < -0.3 is 0 Å². The zero-order valence-electron chi connectivity index (χ0n) is 13.8. The van der Waals surface area contributed by atoms with E-state index >= 15 is 0 Å². The fourth-order valence-corrected chi connectivity index (χ4v) is 3.03. The Kier molecular flexibility index (Phi) is 5.43. The average molecular weight is 336 g/mol. The lowest BCUT2D eigenvalue weighted by atomic mass is 10.0. The minimum atomic E-state index is 0.537. The quantitative estimate of drug-likeness (QED) is 0.489. The molecular weight excluding hydrogens is 316 g/mol. The van der Waals surface area contributed by atoms with Crippen LogP contribution in [0.15, 0.2) is 71.2 Å². The highest BCUT2D eigenvalue weighted by molar-refractivity contribution is 7.98. The van der Waals surface area contributed by atoms with Crippen LogP contribution in [0.3, 0.4) is 0 Å². The molecule has 0 aliphatic rings. The van der Waals surface area contributed by atoms with E-state index in [2.05, 4.69) is 65.5 Å². The summed E-state index contributed by atoms with van der Waals surface area (Å²) in [7, 11) is 0. The Morgan fingerprint density at radius 3 is 2.54 bits per heavy atom. The van der Waals surface area contributed by atoms with Crippen molar-refractivity contribution in [3.8, 4) is 0 Å². The lowest BCUT2D eigenvalue weighted by Gasteiger charge is -2.04. The van der Waals surface area contributed by atoms with Crippen LogP contribution in [0.25, 0.3) is 0 Å². The maximum atomic E-state index is 4.47. The number of aromatic nitrogens is 3. The molecule has 24 heavy (non-hydrogen) atoms. The summed E-state index contributed by atoms with van der Waals surface area (Å²) in [6, 6.07) is 18.8. The Bertz CT molecular complexity index is 792. The highest BCUT2D eigenvalue weighted by Gasteiger charge is 2.04. The van der Waals surface area contributed by atoms with Crippen molar-refractivity contribution in [1.82, 2.24) is 14.9 Å². The van der Waals surface area contributed by atoms with E-state index in [9.17, 15) is 0 Å². The summed E-state index contributed by atoms with van der Waals surface area (Å²) in [6.45, 7) is 4.38. The standard InChI is InChI=1S/C19H20N4S/c1-15(2)18-10-8-16(9-11-18)12-21-23-14-20-22-19(23)24-13-17-6-4-3-5-7-17/h3-12,14-15H,13H2,1-2H3/b21-12+. The van der Waals surface area contributed by atoms with E-state index in [1.54, 1.807) is 22.8 Å². The predicted octanol–water partition coefficient (Wildman–Crippen LogP) is 4.58. The molecule has 0 saturated heterocycles. The van der Waals surface area contributed by atoms with Crippen LogP contribution in [-0.4, -0.2) is 21.1 Å². The van der Waals surface area contributed by atoms with E-state index in [0.717, 1.165) is 16.5 Å². The topological polar surface area (TPSA) is 43.1 Å². The van der Waals surface area contributed by atoms with Crippen LogP contribution >= 0.6 is 11.8 Å².